The maximum absolute atomic E-state index is 13.1. The largest absolute Gasteiger partial charge is 0.356 e. The summed E-state index contributed by atoms with van der Waals surface area (Å²) in [5.41, 5.74) is 4.56. The highest BCUT2D eigenvalue weighted by Crippen LogP contribution is 2.37. The molecule has 1 heterocycles. The predicted octanol–water partition coefficient (Wildman–Crippen LogP) is 6.95. The van der Waals surface area contributed by atoms with Gasteiger partial charge in [0.15, 0.2) is 0 Å². The molecule has 1 saturated carbocycles. The van der Waals surface area contributed by atoms with Crippen LogP contribution < -0.4 is 10.6 Å². The van der Waals surface area contributed by atoms with E-state index in [2.05, 4.69) is 41.8 Å². The van der Waals surface area contributed by atoms with Gasteiger partial charge in [0.2, 0.25) is 5.91 Å². The summed E-state index contributed by atoms with van der Waals surface area (Å²) in [7, 11) is 0. The summed E-state index contributed by atoms with van der Waals surface area (Å²) in [6, 6.07) is 16.2. The van der Waals surface area contributed by atoms with Crippen molar-refractivity contribution in [2.45, 2.75) is 64.7 Å². The van der Waals surface area contributed by atoms with E-state index in [1.807, 2.05) is 36.6 Å². The lowest BCUT2D eigenvalue weighted by Crippen LogP contribution is -2.23. The number of rotatable bonds is 8. The Hall–Kier alpha value is -2.99. The van der Waals surface area contributed by atoms with Gasteiger partial charge in [-0.05, 0) is 57.1 Å². The van der Waals surface area contributed by atoms with Crippen LogP contribution in [0.25, 0.3) is 11.1 Å². The summed E-state index contributed by atoms with van der Waals surface area (Å²) in [6.45, 7) is 4.72. The topological polar surface area (TPSA) is 71.1 Å². The first-order chi connectivity index (χ1) is 17.0. The van der Waals surface area contributed by atoms with Crippen molar-refractivity contribution < 1.29 is 9.59 Å². The van der Waals surface area contributed by atoms with E-state index in [-0.39, 0.29) is 11.8 Å². The van der Waals surface area contributed by atoms with E-state index in [4.69, 9.17) is 4.98 Å². The Morgan fingerprint density at radius 1 is 1.03 bits per heavy atom. The van der Waals surface area contributed by atoms with Gasteiger partial charge in [0.25, 0.3) is 5.91 Å². The Kier molecular flexibility index (Phi) is 8.69. The fourth-order valence-electron chi connectivity index (χ4n) is 4.88. The Labute approximate surface area is 212 Å². The van der Waals surface area contributed by atoms with Crippen LogP contribution >= 0.6 is 11.3 Å². The molecule has 2 atom stereocenters. The second-order valence-electron chi connectivity index (χ2n) is 9.50. The molecule has 1 aliphatic rings. The highest BCUT2D eigenvalue weighted by molar-refractivity contribution is 7.10. The molecule has 3 aromatic rings. The van der Waals surface area contributed by atoms with E-state index < -0.39 is 0 Å². The number of carbonyl (C=O) groups excluding carboxylic acids is 2. The fourth-order valence-corrected chi connectivity index (χ4v) is 5.85. The van der Waals surface area contributed by atoms with Crippen LogP contribution in [0.4, 0.5) is 5.69 Å². The van der Waals surface area contributed by atoms with E-state index in [1.54, 1.807) is 11.3 Å². The van der Waals surface area contributed by atoms with Gasteiger partial charge in [0, 0.05) is 35.5 Å². The third-order valence-corrected chi connectivity index (χ3v) is 7.89. The van der Waals surface area contributed by atoms with Gasteiger partial charge in [-0.25, -0.2) is 4.98 Å². The average Bonchev–Trinajstić information content (AvgIpc) is 3.24. The van der Waals surface area contributed by atoms with Crippen molar-refractivity contribution in [3.63, 3.8) is 0 Å². The van der Waals surface area contributed by atoms with Crippen molar-refractivity contribution >= 4 is 28.8 Å². The monoisotopic (exact) mass is 489 g/mol. The summed E-state index contributed by atoms with van der Waals surface area (Å²) in [4.78, 5) is 29.6. The number of para-hydroxylation sites is 1. The first-order valence-electron chi connectivity index (χ1n) is 12.7. The molecular weight excluding hydrogens is 454 g/mol. The van der Waals surface area contributed by atoms with Crippen LogP contribution in [0.2, 0.25) is 0 Å². The van der Waals surface area contributed by atoms with Gasteiger partial charge in [-0.3, -0.25) is 9.59 Å². The molecule has 0 aliphatic heterocycles. The predicted molar refractivity (Wildman–Crippen MR) is 144 cm³/mol. The van der Waals surface area contributed by atoms with Crippen LogP contribution in [0, 0.1) is 12.8 Å². The number of benzene rings is 2. The molecule has 2 unspecified atom stereocenters. The molecule has 2 aromatic carbocycles. The molecule has 0 bridgehead atoms. The molecule has 1 fully saturated rings. The summed E-state index contributed by atoms with van der Waals surface area (Å²) >= 11 is 1.60. The molecule has 0 radical (unpaired) electrons. The van der Waals surface area contributed by atoms with Gasteiger partial charge >= 0.3 is 0 Å². The normalized spacial score (nSPS) is 18.0. The SMILES string of the molecule is CCNC(=O)CCC1CCCC(c2nc(C(=O)Nc3ccccc3-c3ccc(C)cc3)cs2)CC1. The highest BCUT2D eigenvalue weighted by Gasteiger charge is 2.24. The van der Waals surface area contributed by atoms with Crippen LogP contribution in [0.5, 0.6) is 0 Å². The van der Waals surface area contributed by atoms with Crippen LogP contribution in [-0.4, -0.2) is 23.3 Å². The maximum Gasteiger partial charge on any atom is 0.275 e. The van der Waals surface area contributed by atoms with Gasteiger partial charge in [0.05, 0.1) is 5.01 Å². The van der Waals surface area contributed by atoms with E-state index in [1.165, 1.54) is 12.0 Å². The van der Waals surface area contributed by atoms with Crippen LogP contribution in [0.3, 0.4) is 0 Å². The molecule has 35 heavy (non-hydrogen) atoms. The molecule has 0 spiro atoms. The fraction of sp³-hybridized carbons (Fsp3) is 0.414. The van der Waals surface area contributed by atoms with E-state index >= 15 is 0 Å². The second-order valence-corrected chi connectivity index (χ2v) is 10.4. The Morgan fingerprint density at radius 2 is 1.83 bits per heavy atom. The number of nitrogens with one attached hydrogen (secondary N) is 2. The minimum Gasteiger partial charge on any atom is -0.356 e. The van der Waals surface area contributed by atoms with E-state index in [0.29, 0.717) is 30.5 Å². The molecule has 0 saturated heterocycles. The Morgan fingerprint density at radius 3 is 2.63 bits per heavy atom. The van der Waals surface area contributed by atoms with E-state index in [9.17, 15) is 9.59 Å². The molecule has 1 aromatic heterocycles. The zero-order valence-electron chi connectivity index (χ0n) is 20.7. The number of hydrogen-bond donors (Lipinski definition) is 2. The third-order valence-electron chi connectivity index (χ3n) is 6.88. The summed E-state index contributed by atoms with van der Waals surface area (Å²) in [6.07, 6.45) is 7.20. The lowest BCUT2D eigenvalue weighted by atomic mass is 9.94. The number of amides is 2. The van der Waals surface area contributed by atoms with Gasteiger partial charge in [0.1, 0.15) is 5.69 Å². The molecule has 1 aliphatic carbocycles. The van der Waals surface area contributed by atoms with Crippen LogP contribution in [0.15, 0.2) is 53.9 Å². The molecule has 4 rings (SSSR count). The van der Waals surface area contributed by atoms with Crippen molar-refractivity contribution in [2.24, 2.45) is 5.92 Å². The molecule has 5 nitrogen and oxygen atoms in total. The van der Waals surface area contributed by atoms with Gasteiger partial charge in [-0.15, -0.1) is 11.3 Å². The molecule has 2 N–H and O–H groups in total. The standard InChI is InChI=1S/C29H35N3O2S/c1-3-30-27(33)18-14-21-7-6-8-23(17-13-21)29-32-26(19-35-29)28(34)31-25-10-5-4-9-24(25)22-15-11-20(2)12-16-22/h4-5,9-12,15-16,19,21,23H,3,6-8,13-14,17-18H2,1-2H3,(H,30,33)(H,31,34). The van der Waals surface area contributed by atoms with Crippen molar-refractivity contribution in [1.82, 2.24) is 10.3 Å². The van der Waals surface area contributed by atoms with Gasteiger partial charge in [-0.2, -0.15) is 0 Å². The van der Waals surface area contributed by atoms with Crippen molar-refractivity contribution in [3.8, 4) is 11.1 Å². The maximum atomic E-state index is 13.1. The third kappa shape index (κ3) is 6.79. The van der Waals surface area contributed by atoms with Crippen LogP contribution in [0.1, 0.15) is 78.8 Å². The number of carbonyl (C=O) groups is 2. The second kappa shape index (κ2) is 12.1. The zero-order chi connectivity index (χ0) is 24.6. The number of hydrogen-bond acceptors (Lipinski definition) is 4. The number of aryl methyl sites for hydroxylation is 1. The van der Waals surface area contributed by atoms with Crippen molar-refractivity contribution in [2.75, 3.05) is 11.9 Å². The lowest BCUT2D eigenvalue weighted by Gasteiger charge is -2.14. The van der Waals surface area contributed by atoms with Gasteiger partial charge < -0.3 is 10.6 Å². The van der Waals surface area contributed by atoms with E-state index in [0.717, 1.165) is 53.9 Å². The van der Waals surface area contributed by atoms with Crippen LogP contribution in [-0.2, 0) is 4.79 Å². The Bertz CT molecular complexity index is 1140. The molecular formula is C29H35N3O2S. The first-order valence-corrected chi connectivity index (χ1v) is 13.6. The lowest BCUT2D eigenvalue weighted by molar-refractivity contribution is -0.121. The smallest absolute Gasteiger partial charge is 0.275 e. The minimum atomic E-state index is -0.166. The molecule has 184 valence electrons. The minimum absolute atomic E-state index is 0.160. The quantitative estimate of drug-likeness (QED) is 0.336. The van der Waals surface area contributed by atoms with Gasteiger partial charge in [-0.1, -0.05) is 60.9 Å². The molecule has 6 heteroatoms. The summed E-state index contributed by atoms with van der Waals surface area (Å²) < 4.78 is 0. The number of anilines is 1. The van der Waals surface area contributed by atoms with Crippen molar-refractivity contribution in [3.05, 3.63) is 70.2 Å². The average molecular weight is 490 g/mol. The Balaban J connectivity index is 1.37. The highest BCUT2D eigenvalue weighted by atomic mass is 32.1. The summed E-state index contributed by atoms with van der Waals surface area (Å²) in [5, 5.41) is 8.92. The van der Waals surface area contributed by atoms with Crippen molar-refractivity contribution in [1.29, 1.82) is 0 Å². The number of aromatic nitrogens is 1. The molecule has 2 amide bonds. The number of nitrogens with zero attached hydrogens (tertiary/aromatic N) is 1. The number of thiazole rings is 1. The zero-order valence-corrected chi connectivity index (χ0v) is 21.5. The summed E-state index contributed by atoms with van der Waals surface area (Å²) in [5.74, 6) is 0.993. The first kappa shape index (κ1) is 25.1.